The van der Waals surface area contributed by atoms with E-state index in [0.29, 0.717) is 6.61 Å². The minimum Gasteiger partial charge on any atom is -0.493 e. The molecule has 0 radical (unpaired) electrons. The Balaban J connectivity index is 2.53. The van der Waals surface area contributed by atoms with E-state index in [4.69, 9.17) is 15.4 Å². The number of ether oxygens (including phenoxy) is 1. The van der Waals surface area contributed by atoms with Gasteiger partial charge in [0.2, 0.25) is 9.05 Å². The van der Waals surface area contributed by atoms with E-state index in [9.17, 15) is 8.42 Å². The van der Waals surface area contributed by atoms with Gasteiger partial charge < -0.3 is 4.74 Å². The van der Waals surface area contributed by atoms with Gasteiger partial charge in [0.1, 0.15) is 5.75 Å². The van der Waals surface area contributed by atoms with Crippen molar-refractivity contribution in [2.24, 2.45) is 5.92 Å². The second-order valence-corrected chi connectivity index (χ2v) is 6.93. The van der Waals surface area contributed by atoms with Crippen LogP contribution in [0.15, 0.2) is 24.3 Å². The average Bonchev–Trinajstić information content (AvgIpc) is 2.23. The van der Waals surface area contributed by atoms with Crippen LogP contribution in [0.4, 0.5) is 0 Å². The smallest absolute Gasteiger partial charge is 0.232 e. The molecule has 1 aromatic carbocycles. The first-order valence-corrected chi connectivity index (χ1v) is 8.00. The highest BCUT2D eigenvalue weighted by atomic mass is 35.7. The van der Waals surface area contributed by atoms with Crippen molar-refractivity contribution in [2.75, 3.05) is 12.4 Å². The van der Waals surface area contributed by atoms with E-state index in [2.05, 4.69) is 0 Å². The SMILES string of the molecule is CCC(COc1cccc(C)c1)CS(=O)(=O)Cl. The normalized spacial score (nSPS) is 13.4. The van der Waals surface area contributed by atoms with Gasteiger partial charge in [-0.15, -0.1) is 0 Å². The third-order valence-corrected chi connectivity index (χ3v) is 3.73. The quantitative estimate of drug-likeness (QED) is 0.750. The van der Waals surface area contributed by atoms with Crippen LogP contribution in [-0.4, -0.2) is 20.8 Å². The maximum atomic E-state index is 11.0. The van der Waals surface area contributed by atoms with E-state index < -0.39 is 9.05 Å². The van der Waals surface area contributed by atoms with E-state index in [-0.39, 0.29) is 11.7 Å². The van der Waals surface area contributed by atoms with E-state index in [1.54, 1.807) is 0 Å². The van der Waals surface area contributed by atoms with Gasteiger partial charge >= 0.3 is 0 Å². The van der Waals surface area contributed by atoms with Gasteiger partial charge in [-0.1, -0.05) is 19.1 Å². The van der Waals surface area contributed by atoms with Gasteiger partial charge in [0.15, 0.2) is 0 Å². The first kappa shape index (κ1) is 14.3. The molecule has 5 heteroatoms. The molecule has 1 unspecified atom stereocenters. The highest BCUT2D eigenvalue weighted by Gasteiger charge is 2.16. The fraction of sp³-hybridized carbons (Fsp3) is 0.500. The van der Waals surface area contributed by atoms with Crippen molar-refractivity contribution in [1.82, 2.24) is 0 Å². The van der Waals surface area contributed by atoms with E-state index in [1.807, 2.05) is 38.1 Å². The summed E-state index contributed by atoms with van der Waals surface area (Å²) in [4.78, 5) is 0. The zero-order chi connectivity index (χ0) is 12.9. The summed E-state index contributed by atoms with van der Waals surface area (Å²) in [6, 6.07) is 7.66. The van der Waals surface area contributed by atoms with Crippen molar-refractivity contribution >= 4 is 19.7 Å². The summed E-state index contributed by atoms with van der Waals surface area (Å²) in [6.07, 6.45) is 0.720. The number of benzene rings is 1. The molecule has 0 aromatic heterocycles. The van der Waals surface area contributed by atoms with Crippen molar-refractivity contribution in [3.8, 4) is 5.75 Å². The molecule has 0 heterocycles. The Kier molecular flexibility index (Phi) is 5.28. The van der Waals surface area contributed by atoms with Crippen LogP contribution in [0.1, 0.15) is 18.9 Å². The summed E-state index contributed by atoms with van der Waals surface area (Å²) in [5.74, 6) is 0.644. The van der Waals surface area contributed by atoms with Crippen LogP contribution in [0, 0.1) is 12.8 Å². The van der Waals surface area contributed by atoms with Gasteiger partial charge in [-0.2, -0.15) is 0 Å². The van der Waals surface area contributed by atoms with Crippen LogP contribution in [0.25, 0.3) is 0 Å². The molecule has 0 aliphatic carbocycles. The zero-order valence-electron chi connectivity index (χ0n) is 10.0. The highest BCUT2D eigenvalue weighted by molar-refractivity contribution is 8.13. The summed E-state index contributed by atoms with van der Waals surface area (Å²) in [5, 5.41) is 0. The molecule has 17 heavy (non-hydrogen) atoms. The number of hydrogen-bond donors (Lipinski definition) is 0. The second-order valence-electron chi connectivity index (χ2n) is 4.11. The molecule has 1 atom stereocenters. The van der Waals surface area contributed by atoms with Gasteiger partial charge in [0.05, 0.1) is 12.4 Å². The Morgan fingerprint density at radius 1 is 1.41 bits per heavy atom. The van der Waals surface area contributed by atoms with Gasteiger partial charge in [-0.05, 0) is 31.0 Å². The summed E-state index contributed by atoms with van der Waals surface area (Å²) in [6.45, 7) is 4.27. The topological polar surface area (TPSA) is 43.4 Å². The van der Waals surface area contributed by atoms with Gasteiger partial charge in [0, 0.05) is 16.6 Å². The standard InChI is InChI=1S/C12H17ClO3S/c1-3-11(9-17(13,14)15)8-16-12-6-4-5-10(2)7-12/h4-7,11H,3,8-9H2,1-2H3. The first-order chi connectivity index (χ1) is 7.90. The van der Waals surface area contributed by atoms with Crippen molar-refractivity contribution < 1.29 is 13.2 Å². The van der Waals surface area contributed by atoms with Gasteiger partial charge in [-0.25, -0.2) is 8.42 Å². The molecule has 3 nitrogen and oxygen atoms in total. The van der Waals surface area contributed by atoms with Crippen LogP contribution in [-0.2, 0) is 9.05 Å². The molecule has 1 rings (SSSR count). The molecule has 1 aromatic rings. The number of rotatable bonds is 6. The zero-order valence-corrected chi connectivity index (χ0v) is 11.6. The minimum absolute atomic E-state index is 0.0448. The highest BCUT2D eigenvalue weighted by Crippen LogP contribution is 2.16. The van der Waals surface area contributed by atoms with E-state index >= 15 is 0 Å². The molecule has 0 saturated heterocycles. The average molecular weight is 277 g/mol. The monoisotopic (exact) mass is 276 g/mol. The largest absolute Gasteiger partial charge is 0.493 e. The van der Waals surface area contributed by atoms with Crippen LogP contribution in [0.3, 0.4) is 0 Å². The molecule has 96 valence electrons. The minimum atomic E-state index is -3.46. The first-order valence-electron chi connectivity index (χ1n) is 5.52. The molecular weight excluding hydrogens is 260 g/mol. The molecule has 0 amide bonds. The Hall–Kier alpha value is -0.740. The maximum absolute atomic E-state index is 11.0. The summed E-state index contributed by atoms with van der Waals surface area (Å²) in [5.41, 5.74) is 1.11. The van der Waals surface area contributed by atoms with Gasteiger partial charge in [0.25, 0.3) is 0 Å². The van der Waals surface area contributed by atoms with Crippen LogP contribution in [0.5, 0.6) is 5.75 Å². The molecule has 0 aliphatic rings. The predicted molar refractivity (Wildman–Crippen MR) is 70.1 cm³/mol. The Morgan fingerprint density at radius 2 is 2.12 bits per heavy atom. The number of hydrogen-bond acceptors (Lipinski definition) is 3. The molecular formula is C12H17ClO3S. The van der Waals surface area contributed by atoms with E-state index in [0.717, 1.165) is 17.7 Å². The third-order valence-electron chi connectivity index (χ3n) is 2.49. The molecule has 0 spiro atoms. The lowest BCUT2D eigenvalue weighted by Crippen LogP contribution is -2.19. The fourth-order valence-electron chi connectivity index (χ4n) is 1.48. The van der Waals surface area contributed by atoms with Crippen LogP contribution in [0.2, 0.25) is 0 Å². The maximum Gasteiger partial charge on any atom is 0.232 e. The molecule has 0 N–H and O–H groups in total. The summed E-state index contributed by atoms with van der Waals surface area (Å²) >= 11 is 0. The molecule has 0 bridgehead atoms. The van der Waals surface area contributed by atoms with Gasteiger partial charge in [-0.3, -0.25) is 0 Å². The van der Waals surface area contributed by atoms with E-state index in [1.165, 1.54) is 0 Å². The lowest BCUT2D eigenvalue weighted by Gasteiger charge is -2.14. The fourth-order valence-corrected chi connectivity index (χ4v) is 2.91. The summed E-state index contributed by atoms with van der Waals surface area (Å²) in [7, 11) is 1.77. The second kappa shape index (κ2) is 6.26. The lowest BCUT2D eigenvalue weighted by molar-refractivity contribution is 0.258. The molecule has 0 fully saturated rings. The van der Waals surface area contributed by atoms with Crippen LogP contribution < -0.4 is 4.74 Å². The third kappa shape index (κ3) is 5.94. The van der Waals surface area contributed by atoms with Crippen molar-refractivity contribution in [3.63, 3.8) is 0 Å². The van der Waals surface area contributed by atoms with Crippen LogP contribution >= 0.6 is 10.7 Å². The Labute approximate surface area is 107 Å². The Morgan fingerprint density at radius 3 is 2.65 bits per heavy atom. The van der Waals surface area contributed by atoms with Crippen molar-refractivity contribution in [2.45, 2.75) is 20.3 Å². The molecule has 0 saturated carbocycles. The number of halogens is 1. The molecule has 0 aliphatic heterocycles. The Bertz CT molecular complexity index is 457. The van der Waals surface area contributed by atoms with Crippen molar-refractivity contribution in [3.05, 3.63) is 29.8 Å². The predicted octanol–water partition coefficient (Wildman–Crippen LogP) is 2.97. The summed E-state index contributed by atoms with van der Waals surface area (Å²) < 4.78 is 27.5. The van der Waals surface area contributed by atoms with Crippen molar-refractivity contribution in [1.29, 1.82) is 0 Å². The number of aryl methyl sites for hydroxylation is 1. The lowest BCUT2D eigenvalue weighted by atomic mass is 10.1.